The highest BCUT2D eigenvalue weighted by Crippen LogP contribution is 2.33. The van der Waals surface area contributed by atoms with E-state index in [0.29, 0.717) is 23.4 Å². The zero-order chi connectivity index (χ0) is 16.1. The molecule has 0 spiro atoms. The van der Waals surface area contributed by atoms with Gasteiger partial charge in [0.25, 0.3) is 0 Å². The number of rotatable bonds is 3. The van der Waals surface area contributed by atoms with Crippen LogP contribution < -0.4 is 9.80 Å². The minimum Gasteiger partial charge on any atom is -0.479 e. The van der Waals surface area contributed by atoms with E-state index in [1.165, 1.54) is 18.7 Å². The van der Waals surface area contributed by atoms with Gasteiger partial charge in [-0.05, 0) is 31.3 Å². The molecule has 0 saturated carbocycles. The van der Waals surface area contributed by atoms with E-state index in [2.05, 4.69) is 0 Å². The first-order valence-corrected chi connectivity index (χ1v) is 8.41. The van der Waals surface area contributed by atoms with E-state index in [1.54, 1.807) is 9.80 Å². The summed E-state index contributed by atoms with van der Waals surface area (Å²) in [6.45, 7) is 4.27. The highest BCUT2D eigenvalue weighted by molar-refractivity contribution is 8.22. The quantitative estimate of drug-likeness (QED) is 0.793. The molecule has 1 aromatic carbocycles. The van der Waals surface area contributed by atoms with Crippen molar-refractivity contribution in [1.82, 2.24) is 0 Å². The molecule has 0 unspecified atom stereocenters. The maximum atomic E-state index is 12.4. The number of anilines is 2. The van der Waals surface area contributed by atoms with Crippen molar-refractivity contribution >= 4 is 51.6 Å². The summed E-state index contributed by atoms with van der Waals surface area (Å²) in [5.74, 6) is 0.281. The second kappa shape index (κ2) is 7.60. The Labute approximate surface area is 139 Å². The molecule has 2 rings (SSSR count). The van der Waals surface area contributed by atoms with Gasteiger partial charge in [-0.2, -0.15) is 0 Å². The molecule has 0 N–H and O–H groups in total. The van der Waals surface area contributed by atoms with Gasteiger partial charge in [0.2, 0.25) is 16.2 Å². The molecule has 0 bridgehead atoms. The largest absolute Gasteiger partial charge is 0.479 e. The number of ether oxygens (including phenoxy) is 1. The minimum atomic E-state index is -0.0698. The van der Waals surface area contributed by atoms with Crippen molar-refractivity contribution in [2.24, 2.45) is 0 Å². The van der Waals surface area contributed by atoms with Gasteiger partial charge in [-0.25, -0.2) is 0 Å². The molecule has 22 heavy (non-hydrogen) atoms. The van der Waals surface area contributed by atoms with Gasteiger partial charge in [0.05, 0.1) is 23.9 Å². The fourth-order valence-corrected chi connectivity index (χ4v) is 3.26. The minimum absolute atomic E-state index is 0.0250. The van der Waals surface area contributed by atoms with E-state index in [4.69, 9.17) is 17.0 Å². The van der Waals surface area contributed by atoms with Gasteiger partial charge >= 0.3 is 0 Å². The molecular formula is C15H18N2O3S2. The van der Waals surface area contributed by atoms with Crippen molar-refractivity contribution in [2.45, 2.75) is 20.3 Å². The lowest BCUT2D eigenvalue weighted by atomic mass is 10.2. The number of thiocarbonyl (C=S) groups is 1. The molecule has 2 amide bonds. The predicted molar refractivity (Wildman–Crippen MR) is 93.3 cm³/mol. The van der Waals surface area contributed by atoms with Crippen LogP contribution in [0.15, 0.2) is 24.3 Å². The van der Waals surface area contributed by atoms with Crippen LogP contribution in [-0.2, 0) is 14.3 Å². The number of nitrogens with zero attached hydrogens (tertiary/aromatic N) is 2. The van der Waals surface area contributed by atoms with Crippen molar-refractivity contribution in [3.05, 3.63) is 24.3 Å². The summed E-state index contributed by atoms with van der Waals surface area (Å²) in [7, 11) is 0. The van der Waals surface area contributed by atoms with Crippen molar-refractivity contribution < 1.29 is 14.3 Å². The first-order chi connectivity index (χ1) is 10.5. The zero-order valence-corrected chi connectivity index (χ0v) is 14.2. The van der Waals surface area contributed by atoms with E-state index < -0.39 is 0 Å². The fourth-order valence-electron chi connectivity index (χ4n) is 2.26. The Balaban J connectivity index is 2.27. The normalized spacial score (nSPS) is 14.4. The molecule has 0 radical (unpaired) electrons. The molecule has 1 aromatic rings. The zero-order valence-electron chi connectivity index (χ0n) is 12.6. The van der Waals surface area contributed by atoms with E-state index in [0.717, 1.165) is 11.4 Å². The maximum absolute atomic E-state index is 12.4. The highest BCUT2D eigenvalue weighted by atomic mass is 32.2. The van der Waals surface area contributed by atoms with Crippen molar-refractivity contribution in [3.8, 4) is 0 Å². The van der Waals surface area contributed by atoms with Crippen LogP contribution in [0.3, 0.4) is 0 Å². The van der Waals surface area contributed by atoms with Crippen molar-refractivity contribution in [2.75, 3.05) is 28.8 Å². The molecule has 0 aromatic heterocycles. The van der Waals surface area contributed by atoms with E-state index >= 15 is 0 Å². The predicted octanol–water partition coefficient (Wildman–Crippen LogP) is 2.79. The molecule has 1 aliphatic heterocycles. The second-order valence-electron chi connectivity index (χ2n) is 4.69. The summed E-state index contributed by atoms with van der Waals surface area (Å²) in [5.41, 5.74) is 1.48. The van der Waals surface area contributed by atoms with Crippen LogP contribution >= 0.6 is 24.0 Å². The average molecular weight is 338 g/mol. The molecule has 0 saturated heterocycles. The van der Waals surface area contributed by atoms with Crippen LogP contribution in [0.25, 0.3) is 0 Å². The highest BCUT2D eigenvalue weighted by Gasteiger charge is 2.27. The number of thioether (sulfide) groups is 1. The Kier molecular flexibility index (Phi) is 5.79. The van der Waals surface area contributed by atoms with Crippen LogP contribution in [-0.4, -0.2) is 35.2 Å². The smallest absolute Gasteiger partial charge is 0.229 e. The van der Waals surface area contributed by atoms with Gasteiger partial charge in [-0.1, -0.05) is 23.9 Å². The summed E-state index contributed by atoms with van der Waals surface area (Å²) < 4.78 is 5.66. The lowest BCUT2D eigenvalue weighted by molar-refractivity contribution is -0.118. The standard InChI is InChI=1S/C15H18N2O3S2/c1-3-20-15(21)22-10-17-13-7-5-4-6-12(13)16(11(2)18)9-8-14(17)19/h4-7H,3,8-10H2,1-2H3. The van der Waals surface area contributed by atoms with Gasteiger partial charge in [0, 0.05) is 19.9 Å². The Morgan fingerprint density at radius 3 is 2.68 bits per heavy atom. The number of carbonyl (C=O) groups excluding carboxylic acids is 2. The number of hydrogen-bond acceptors (Lipinski definition) is 5. The second-order valence-corrected chi connectivity index (χ2v) is 6.23. The summed E-state index contributed by atoms with van der Waals surface area (Å²) in [4.78, 5) is 27.5. The van der Waals surface area contributed by atoms with Gasteiger partial charge in [0.15, 0.2) is 0 Å². The third-order valence-corrected chi connectivity index (χ3v) is 4.48. The third kappa shape index (κ3) is 3.78. The third-order valence-electron chi connectivity index (χ3n) is 3.27. The fraction of sp³-hybridized carbons (Fsp3) is 0.400. The summed E-state index contributed by atoms with van der Waals surface area (Å²) in [5, 5.41) is 0. The molecule has 0 atom stereocenters. The SMILES string of the molecule is CCOC(=S)SCN1C(=O)CCN(C(C)=O)c2ccccc21. The van der Waals surface area contributed by atoms with Gasteiger partial charge < -0.3 is 14.5 Å². The maximum Gasteiger partial charge on any atom is 0.229 e. The van der Waals surface area contributed by atoms with Crippen molar-refractivity contribution in [3.63, 3.8) is 0 Å². The van der Waals surface area contributed by atoms with E-state index in [1.807, 2.05) is 31.2 Å². The molecule has 1 aliphatic rings. The molecule has 5 nitrogen and oxygen atoms in total. The Morgan fingerprint density at radius 1 is 1.36 bits per heavy atom. The molecule has 118 valence electrons. The average Bonchev–Trinajstić information content (AvgIpc) is 2.62. The summed E-state index contributed by atoms with van der Waals surface area (Å²) in [6, 6.07) is 7.42. The number of benzene rings is 1. The first kappa shape index (κ1) is 16.8. The molecule has 0 fully saturated rings. The van der Waals surface area contributed by atoms with Gasteiger partial charge in [0.1, 0.15) is 0 Å². The number of para-hydroxylation sites is 2. The number of carbonyl (C=O) groups is 2. The van der Waals surface area contributed by atoms with Gasteiger partial charge in [-0.3, -0.25) is 9.59 Å². The van der Waals surface area contributed by atoms with Gasteiger partial charge in [-0.15, -0.1) is 0 Å². The monoisotopic (exact) mass is 338 g/mol. The molecule has 7 heteroatoms. The number of fused-ring (bicyclic) bond motifs is 1. The summed E-state index contributed by atoms with van der Waals surface area (Å²) >= 11 is 6.40. The summed E-state index contributed by atoms with van der Waals surface area (Å²) in [6.07, 6.45) is 0.288. The van der Waals surface area contributed by atoms with E-state index in [-0.39, 0.29) is 18.2 Å². The molecule has 1 heterocycles. The lowest BCUT2D eigenvalue weighted by Gasteiger charge is -2.24. The lowest BCUT2D eigenvalue weighted by Crippen LogP contribution is -2.31. The van der Waals surface area contributed by atoms with Crippen LogP contribution in [0.5, 0.6) is 0 Å². The Hall–Kier alpha value is -1.60. The first-order valence-electron chi connectivity index (χ1n) is 7.01. The van der Waals surface area contributed by atoms with Crippen LogP contribution in [0.1, 0.15) is 20.3 Å². The van der Waals surface area contributed by atoms with E-state index in [9.17, 15) is 9.59 Å². The van der Waals surface area contributed by atoms with Crippen LogP contribution in [0.2, 0.25) is 0 Å². The number of hydrogen-bond donors (Lipinski definition) is 0. The topological polar surface area (TPSA) is 49.9 Å². The molecular weight excluding hydrogens is 320 g/mol. The molecule has 0 aliphatic carbocycles. The van der Waals surface area contributed by atoms with Crippen LogP contribution in [0.4, 0.5) is 11.4 Å². The Bertz CT molecular complexity index is 592. The Morgan fingerprint density at radius 2 is 2.05 bits per heavy atom. The van der Waals surface area contributed by atoms with Crippen molar-refractivity contribution in [1.29, 1.82) is 0 Å². The van der Waals surface area contributed by atoms with Crippen LogP contribution in [0, 0.1) is 0 Å². The number of amides is 2.